The number of hydrogen-bond acceptors (Lipinski definition) is 3. The van der Waals surface area contributed by atoms with Gasteiger partial charge in [-0.05, 0) is 61.6 Å². The van der Waals surface area contributed by atoms with Crippen LogP contribution in [0.3, 0.4) is 0 Å². The van der Waals surface area contributed by atoms with E-state index < -0.39 is 6.04 Å². The molecule has 0 bridgehead atoms. The van der Waals surface area contributed by atoms with E-state index in [9.17, 15) is 9.59 Å². The Morgan fingerprint density at radius 2 is 1.64 bits per heavy atom. The molecule has 1 saturated carbocycles. The summed E-state index contributed by atoms with van der Waals surface area (Å²) in [6, 6.07) is 20.2. The zero-order chi connectivity index (χ0) is 27.8. The predicted molar refractivity (Wildman–Crippen MR) is 157 cm³/mol. The normalized spacial score (nSPS) is 14.5. The largest absolute Gasteiger partial charge is 0.483 e. The molecule has 1 aliphatic carbocycles. The zero-order valence-electron chi connectivity index (χ0n) is 22.6. The van der Waals surface area contributed by atoms with Crippen molar-refractivity contribution in [3.8, 4) is 5.75 Å². The summed E-state index contributed by atoms with van der Waals surface area (Å²) in [4.78, 5) is 29.4. The zero-order valence-corrected chi connectivity index (χ0v) is 24.1. The number of hydrogen-bond donors (Lipinski definition) is 1. The van der Waals surface area contributed by atoms with Crippen molar-refractivity contribution in [2.45, 2.75) is 71.0 Å². The minimum absolute atomic E-state index is 0.0864. The van der Waals surface area contributed by atoms with Gasteiger partial charge in [0.05, 0.1) is 0 Å². The summed E-state index contributed by atoms with van der Waals surface area (Å²) in [5.41, 5.74) is 3.53. The summed E-state index contributed by atoms with van der Waals surface area (Å²) < 4.78 is 6.00. The lowest BCUT2D eigenvalue weighted by molar-refractivity contribution is -0.143. The van der Waals surface area contributed by atoms with Gasteiger partial charge in [-0.15, -0.1) is 0 Å². The molecule has 0 unspecified atom stereocenters. The highest BCUT2D eigenvalue weighted by atomic mass is 35.5. The molecule has 7 heteroatoms. The van der Waals surface area contributed by atoms with Gasteiger partial charge in [0, 0.05) is 34.6 Å². The first-order valence-electron chi connectivity index (χ1n) is 13.6. The standard InChI is InChI=1S/C32H36Cl2N2O3/c1-22-16-17-23(2)30(18-22)39-21-31(37)36(20-26-27(33)14-9-15-28(26)34)29(19-24-10-5-3-6-11-24)32(38)35-25-12-7-4-8-13-25/h3,5-6,9-11,14-18,25,29H,4,7-8,12-13,19-21H2,1-2H3,(H,35,38)/t29-/m1/s1. The van der Waals surface area contributed by atoms with Gasteiger partial charge in [0.15, 0.2) is 6.61 Å². The summed E-state index contributed by atoms with van der Waals surface area (Å²) in [7, 11) is 0. The molecule has 206 valence electrons. The molecule has 0 radical (unpaired) electrons. The molecular formula is C32H36Cl2N2O3. The fourth-order valence-corrected chi connectivity index (χ4v) is 5.55. The number of halogens is 2. The Hall–Kier alpha value is -3.02. The quantitative estimate of drug-likeness (QED) is 0.285. The van der Waals surface area contributed by atoms with Gasteiger partial charge in [-0.25, -0.2) is 0 Å². The number of ether oxygens (including phenoxy) is 1. The van der Waals surface area contributed by atoms with E-state index in [-0.39, 0.29) is 31.0 Å². The molecule has 1 N–H and O–H groups in total. The number of amides is 2. The number of benzene rings is 3. The third-order valence-corrected chi connectivity index (χ3v) is 8.02. The van der Waals surface area contributed by atoms with E-state index in [4.69, 9.17) is 27.9 Å². The Bertz CT molecular complexity index is 1260. The Morgan fingerprint density at radius 3 is 2.33 bits per heavy atom. The van der Waals surface area contributed by atoms with Crippen LogP contribution in [-0.2, 0) is 22.6 Å². The summed E-state index contributed by atoms with van der Waals surface area (Å²) in [6.45, 7) is 3.79. The van der Waals surface area contributed by atoms with Crippen LogP contribution in [0.1, 0.15) is 54.4 Å². The first kappa shape index (κ1) is 29.0. The third-order valence-electron chi connectivity index (χ3n) is 7.31. The molecule has 3 aromatic rings. The van der Waals surface area contributed by atoms with Crippen LogP contribution in [0.15, 0.2) is 66.7 Å². The van der Waals surface area contributed by atoms with E-state index in [1.165, 1.54) is 6.42 Å². The van der Waals surface area contributed by atoms with Crippen LogP contribution >= 0.6 is 23.2 Å². The molecule has 0 saturated heterocycles. The van der Waals surface area contributed by atoms with Crippen molar-refractivity contribution in [3.63, 3.8) is 0 Å². The maximum Gasteiger partial charge on any atom is 0.261 e. The van der Waals surface area contributed by atoms with E-state index in [2.05, 4.69) is 5.32 Å². The predicted octanol–water partition coefficient (Wildman–Crippen LogP) is 7.08. The van der Waals surface area contributed by atoms with E-state index in [0.717, 1.165) is 42.4 Å². The number of carbonyl (C=O) groups is 2. The molecule has 4 rings (SSSR count). The molecular weight excluding hydrogens is 531 g/mol. The Morgan fingerprint density at radius 1 is 0.949 bits per heavy atom. The van der Waals surface area contributed by atoms with Gasteiger partial charge in [0.25, 0.3) is 5.91 Å². The van der Waals surface area contributed by atoms with E-state index in [0.29, 0.717) is 27.8 Å². The summed E-state index contributed by atoms with van der Waals surface area (Å²) in [6.07, 6.45) is 5.63. The molecule has 39 heavy (non-hydrogen) atoms. The van der Waals surface area contributed by atoms with Crippen molar-refractivity contribution in [1.82, 2.24) is 10.2 Å². The minimum Gasteiger partial charge on any atom is -0.483 e. The first-order chi connectivity index (χ1) is 18.8. The molecule has 0 aliphatic heterocycles. The smallest absolute Gasteiger partial charge is 0.261 e. The average molecular weight is 568 g/mol. The average Bonchev–Trinajstić information content (AvgIpc) is 2.93. The summed E-state index contributed by atoms with van der Waals surface area (Å²) in [5.74, 6) is 0.158. The van der Waals surface area contributed by atoms with Gasteiger partial charge in [0.1, 0.15) is 11.8 Å². The molecule has 1 atom stereocenters. The highest BCUT2D eigenvalue weighted by molar-refractivity contribution is 6.36. The topological polar surface area (TPSA) is 58.6 Å². The lowest BCUT2D eigenvalue weighted by Crippen LogP contribution is -2.53. The number of nitrogens with zero attached hydrogens (tertiary/aromatic N) is 1. The summed E-state index contributed by atoms with van der Waals surface area (Å²) >= 11 is 13.1. The van der Waals surface area contributed by atoms with Crippen molar-refractivity contribution in [2.24, 2.45) is 0 Å². The van der Waals surface area contributed by atoms with Crippen molar-refractivity contribution in [1.29, 1.82) is 0 Å². The van der Waals surface area contributed by atoms with Crippen molar-refractivity contribution in [3.05, 3.63) is 99.0 Å². The summed E-state index contributed by atoms with van der Waals surface area (Å²) in [5, 5.41) is 4.13. The van der Waals surface area contributed by atoms with E-state index in [1.54, 1.807) is 23.1 Å². The van der Waals surface area contributed by atoms with Crippen LogP contribution in [0.4, 0.5) is 0 Å². The fourth-order valence-electron chi connectivity index (χ4n) is 5.04. The number of rotatable bonds is 10. The Kier molecular flexibility index (Phi) is 10.3. The fraction of sp³-hybridized carbons (Fsp3) is 0.375. The Labute approximate surface area is 241 Å². The van der Waals surface area contributed by atoms with Crippen LogP contribution in [0.25, 0.3) is 0 Å². The van der Waals surface area contributed by atoms with Gasteiger partial charge in [-0.3, -0.25) is 9.59 Å². The monoisotopic (exact) mass is 566 g/mol. The van der Waals surface area contributed by atoms with E-state index >= 15 is 0 Å². The highest BCUT2D eigenvalue weighted by Gasteiger charge is 2.33. The van der Waals surface area contributed by atoms with Gasteiger partial charge < -0.3 is 15.0 Å². The molecule has 2 amide bonds. The molecule has 1 aliphatic rings. The van der Waals surface area contributed by atoms with E-state index in [1.807, 2.05) is 62.4 Å². The molecule has 3 aromatic carbocycles. The van der Waals surface area contributed by atoms with Gasteiger partial charge >= 0.3 is 0 Å². The second-order valence-electron chi connectivity index (χ2n) is 10.3. The maximum absolute atomic E-state index is 13.9. The SMILES string of the molecule is Cc1ccc(C)c(OCC(=O)N(Cc2c(Cl)cccc2Cl)[C@H](Cc2ccccc2)C(=O)NC2CCCCC2)c1. The van der Waals surface area contributed by atoms with Crippen molar-refractivity contribution < 1.29 is 14.3 Å². The molecule has 5 nitrogen and oxygen atoms in total. The molecule has 0 heterocycles. The van der Waals surface area contributed by atoms with Gasteiger partial charge in [0.2, 0.25) is 5.91 Å². The van der Waals surface area contributed by atoms with Crippen LogP contribution in [0.5, 0.6) is 5.75 Å². The second kappa shape index (κ2) is 13.9. The lowest BCUT2D eigenvalue weighted by Gasteiger charge is -2.33. The lowest BCUT2D eigenvalue weighted by atomic mass is 9.94. The molecule has 0 aromatic heterocycles. The van der Waals surface area contributed by atoms with Crippen molar-refractivity contribution in [2.75, 3.05) is 6.61 Å². The molecule has 1 fully saturated rings. The van der Waals surface area contributed by atoms with Gasteiger partial charge in [-0.1, -0.05) is 91.0 Å². The minimum atomic E-state index is -0.767. The number of carbonyl (C=O) groups excluding carboxylic acids is 2. The Balaban J connectivity index is 1.66. The highest BCUT2D eigenvalue weighted by Crippen LogP contribution is 2.28. The van der Waals surface area contributed by atoms with Gasteiger partial charge in [-0.2, -0.15) is 0 Å². The van der Waals surface area contributed by atoms with Crippen LogP contribution in [0, 0.1) is 13.8 Å². The number of nitrogens with one attached hydrogen (secondary N) is 1. The third kappa shape index (κ3) is 8.00. The first-order valence-corrected chi connectivity index (χ1v) is 14.3. The molecule has 0 spiro atoms. The van der Waals surface area contributed by atoms with Crippen LogP contribution < -0.4 is 10.1 Å². The maximum atomic E-state index is 13.9. The van der Waals surface area contributed by atoms with Crippen LogP contribution in [-0.4, -0.2) is 35.4 Å². The second-order valence-corrected chi connectivity index (χ2v) is 11.1. The number of aryl methyl sites for hydroxylation is 2. The van der Waals surface area contributed by atoms with Crippen molar-refractivity contribution >= 4 is 35.0 Å². The van der Waals surface area contributed by atoms with Crippen LogP contribution in [0.2, 0.25) is 10.0 Å².